The van der Waals surface area contributed by atoms with Gasteiger partial charge in [-0.2, -0.15) is 0 Å². The Hall–Kier alpha value is -1.36. The summed E-state index contributed by atoms with van der Waals surface area (Å²) < 4.78 is 0.997. The van der Waals surface area contributed by atoms with Crippen LogP contribution in [0.4, 0.5) is 0 Å². The molecular weight excluding hydrogens is 344 g/mol. The molecule has 0 spiro atoms. The lowest BCUT2D eigenvalue weighted by Crippen LogP contribution is -2.47. The minimum absolute atomic E-state index is 0.0181. The van der Waals surface area contributed by atoms with Gasteiger partial charge in [0.25, 0.3) is 0 Å². The van der Waals surface area contributed by atoms with Gasteiger partial charge in [0.15, 0.2) is 0 Å². The number of rotatable bonds is 8. The molecule has 0 radical (unpaired) electrons. The largest absolute Gasteiger partial charge is 0.354 e. The average Bonchev–Trinajstić information content (AvgIpc) is 2.51. The maximum Gasteiger partial charge on any atom is 0.242 e. The summed E-state index contributed by atoms with van der Waals surface area (Å²) in [4.78, 5) is 26.2. The van der Waals surface area contributed by atoms with Crippen molar-refractivity contribution in [1.29, 1.82) is 0 Å². The first kappa shape index (κ1) is 18.7. The Labute approximate surface area is 141 Å². The van der Waals surface area contributed by atoms with E-state index in [1.807, 2.05) is 38.1 Å². The molecule has 1 atom stereocenters. The van der Waals surface area contributed by atoms with Crippen LogP contribution in [0.25, 0.3) is 0 Å². The van der Waals surface area contributed by atoms with Crippen molar-refractivity contribution in [2.24, 2.45) is 0 Å². The van der Waals surface area contributed by atoms with Crippen LogP contribution in [0.2, 0.25) is 0 Å². The average molecular weight is 369 g/mol. The van der Waals surface area contributed by atoms with Crippen LogP contribution >= 0.6 is 15.9 Å². The van der Waals surface area contributed by atoms with Crippen molar-refractivity contribution in [2.45, 2.75) is 52.6 Å². The van der Waals surface area contributed by atoms with Crippen LogP contribution in [0.5, 0.6) is 0 Å². The highest BCUT2D eigenvalue weighted by Crippen LogP contribution is 2.15. The van der Waals surface area contributed by atoms with E-state index >= 15 is 0 Å². The summed E-state index contributed by atoms with van der Waals surface area (Å²) in [7, 11) is 0. The molecular formula is C17H25BrN2O2. The van der Waals surface area contributed by atoms with E-state index in [1.54, 1.807) is 11.8 Å². The molecule has 1 aromatic rings. The normalized spacial score (nSPS) is 11.8. The van der Waals surface area contributed by atoms with E-state index in [0.717, 1.165) is 22.9 Å². The van der Waals surface area contributed by atoms with Crippen LogP contribution in [0.3, 0.4) is 0 Å². The lowest BCUT2D eigenvalue weighted by Gasteiger charge is -2.28. The van der Waals surface area contributed by atoms with Gasteiger partial charge in [-0.1, -0.05) is 41.9 Å². The second-order valence-electron chi connectivity index (χ2n) is 5.37. The van der Waals surface area contributed by atoms with Gasteiger partial charge >= 0.3 is 0 Å². The predicted molar refractivity (Wildman–Crippen MR) is 92.4 cm³/mol. The third kappa shape index (κ3) is 5.79. The Morgan fingerprint density at radius 3 is 2.36 bits per heavy atom. The van der Waals surface area contributed by atoms with E-state index < -0.39 is 6.04 Å². The van der Waals surface area contributed by atoms with Gasteiger partial charge in [0.2, 0.25) is 11.8 Å². The van der Waals surface area contributed by atoms with E-state index in [0.29, 0.717) is 19.5 Å². The van der Waals surface area contributed by atoms with E-state index in [4.69, 9.17) is 0 Å². The van der Waals surface area contributed by atoms with E-state index in [1.165, 1.54) is 0 Å². The van der Waals surface area contributed by atoms with Crippen molar-refractivity contribution in [3.63, 3.8) is 0 Å². The monoisotopic (exact) mass is 368 g/mol. The first-order chi connectivity index (χ1) is 10.5. The highest BCUT2D eigenvalue weighted by atomic mass is 79.9. The molecule has 1 unspecified atom stereocenters. The molecule has 1 aromatic carbocycles. The Bertz CT molecular complexity index is 488. The molecule has 0 bridgehead atoms. The van der Waals surface area contributed by atoms with E-state index in [-0.39, 0.29) is 11.8 Å². The first-order valence-corrected chi connectivity index (χ1v) is 8.60. The van der Waals surface area contributed by atoms with Crippen LogP contribution in [0.1, 0.15) is 45.6 Å². The van der Waals surface area contributed by atoms with Crippen molar-refractivity contribution in [3.05, 3.63) is 34.3 Å². The zero-order chi connectivity index (χ0) is 16.5. The second kappa shape index (κ2) is 9.62. The summed E-state index contributed by atoms with van der Waals surface area (Å²) in [5.74, 6) is -0.0759. The molecule has 0 aliphatic rings. The molecule has 0 saturated carbocycles. The zero-order valence-electron chi connectivity index (χ0n) is 13.6. The number of hydrogen-bond acceptors (Lipinski definition) is 2. The fraction of sp³-hybridized carbons (Fsp3) is 0.529. The summed E-state index contributed by atoms with van der Waals surface area (Å²) in [6.07, 6.45) is 2.12. The van der Waals surface area contributed by atoms with Gasteiger partial charge in [-0.3, -0.25) is 9.59 Å². The second-order valence-corrected chi connectivity index (χ2v) is 6.28. The number of halogens is 1. The third-order valence-electron chi connectivity index (χ3n) is 3.45. The molecule has 0 fully saturated rings. The number of nitrogens with one attached hydrogen (secondary N) is 1. The van der Waals surface area contributed by atoms with Gasteiger partial charge in [-0.25, -0.2) is 0 Å². The van der Waals surface area contributed by atoms with Crippen molar-refractivity contribution in [3.8, 4) is 0 Å². The topological polar surface area (TPSA) is 49.4 Å². The SMILES string of the molecule is CCCNC(=O)C(C)N(Cc1ccc(Br)cc1)C(=O)CCC. The van der Waals surface area contributed by atoms with Crippen LogP contribution in [0.15, 0.2) is 28.7 Å². The van der Waals surface area contributed by atoms with Crippen molar-refractivity contribution < 1.29 is 9.59 Å². The molecule has 0 aliphatic carbocycles. The van der Waals surface area contributed by atoms with Crippen LogP contribution < -0.4 is 5.32 Å². The third-order valence-corrected chi connectivity index (χ3v) is 3.98. The maximum atomic E-state index is 12.4. The number of amides is 2. The quantitative estimate of drug-likeness (QED) is 0.763. The lowest BCUT2D eigenvalue weighted by molar-refractivity contribution is -0.140. The molecule has 2 amide bonds. The molecule has 0 aliphatic heterocycles. The Kier molecular flexibility index (Phi) is 8.17. The van der Waals surface area contributed by atoms with Gasteiger partial charge < -0.3 is 10.2 Å². The lowest BCUT2D eigenvalue weighted by atomic mass is 10.1. The molecule has 5 heteroatoms. The highest BCUT2D eigenvalue weighted by Gasteiger charge is 2.25. The number of carbonyl (C=O) groups is 2. The van der Waals surface area contributed by atoms with E-state index in [2.05, 4.69) is 21.2 Å². The summed E-state index contributed by atoms with van der Waals surface area (Å²) >= 11 is 3.40. The zero-order valence-corrected chi connectivity index (χ0v) is 15.1. The molecule has 122 valence electrons. The Balaban J connectivity index is 2.85. The number of hydrogen-bond donors (Lipinski definition) is 1. The predicted octanol–water partition coefficient (Wildman–Crippen LogP) is 3.49. The van der Waals surface area contributed by atoms with Crippen molar-refractivity contribution >= 4 is 27.7 Å². The smallest absolute Gasteiger partial charge is 0.242 e. The first-order valence-electron chi connectivity index (χ1n) is 7.81. The van der Waals surface area contributed by atoms with Crippen molar-refractivity contribution in [1.82, 2.24) is 10.2 Å². The maximum absolute atomic E-state index is 12.4. The Morgan fingerprint density at radius 1 is 1.18 bits per heavy atom. The van der Waals surface area contributed by atoms with Gasteiger partial charge in [0.1, 0.15) is 6.04 Å². The molecule has 1 N–H and O–H groups in total. The number of benzene rings is 1. The van der Waals surface area contributed by atoms with Crippen LogP contribution in [-0.2, 0) is 16.1 Å². The fourth-order valence-corrected chi connectivity index (χ4v) is 2.39. The summed E-state index contributed by atoms with van der Waals surface area (Å²) in [5, 5.41) is 2.86. The van der Waals surface area contributed by atoms with Gasteiger partial charge in [-0.15, -0.1) is 0 Å². The Morgan fingerprint density at radius 2 is 1.82 bits per heavy atom. The van der Waals surface area contributed by atoms with Crippen LogP contribution in [0, 0.1) is 0 Å². The highest BCUT2D eigenvalue weighted by molar-refractivity contribution is 9.10. The molecule has 0 heterocycles. The summed E-state index contributed by atoms with van der Waals surface area (Å²) in [6.45, 7) is 6.85. The minimum Gasteiger partial charge on any atom is -0.354 e. The van der Waals surface area contributed by atoms with Gasteiger partial charge in [-0.05, 0) is 37.5 Å². The molecule has 22 heavy (non-hydrogen) atoms. The summed E-state index contributed by atoms with van der Waals surface area (Å²) in [6, 6.07) is 7.36. The fourth-order valence-electron chi connectivity index (χ4n) is 2.12. The van der Waals surface area contributed by atoms with Gasteiger partial charge in [0, 0.05) is 24.0 Å². The molecule has 1 rings (SSSR count). The number of nitrogens with zero attached hydrogens (tertiary/aromatic N) is 1. The summed E-state index contributed by atoms with van der Waals surface area (Å²) in [5.41, 5.74) is 1.02. The van der Waals surface area contributed by atoms with Gasteiger partial charge in [0.05, 0.1) is 0 Å². The van der Waals surface area contributed by atoms with Crippen LogP contribution in [-0.4, -0.2) is 29.3 Å². The number of carbonyl (C=O) groups excluding carboxylic acids is 2. The van der Waals surface area contributed by atoms with E-state index in [9.17, 15) is 9.59 Å². The molecule has 4 nitrogen and oxygen atoms in total. The molecule has 0 aromatic heterocycles. The minimum atomic E-state index is -0.464. The standard InChI is InChI=1S/C17H25BrN2O2/c1-4-6-16(21)20(13(3)17(22)19-11-5-2)12-14-7-9-15(18)10-8-14/h7-10,13H,4-6,11-12H2,1-3H3,(H,19,22). The van der Waals surface area contributed by atoms with Crippen molar-refractivity contribution in [2.75, 3.05) is 6.54 Å². The molecule has 0 saturated heterocycles.